The van der Waals surface area contributed by atoms with Crippen LogP contribution in [0.2, 0.25) is 0 Å². The maximum Gasteiger partial charge on any atom is 0.411 e. The fourth-order valence-electron chi connectivity index (χ4n) is 3.02. The van der Waals surface area contributed by atoms with Crippen molar-refractivity contribution in [3.63, 3.8) is 0 Å². The molecule has 0 radical (unpaired) electrons. The van der Waals surface area contributed by atoms with E-state index in [1.165, 1.54) is 24.3 Å². The zero-order valence-electron chi connectivity index (χ0n) is 18.3. The van der Waals surface area contributed by atoms with Crippen molar-refractivity contribution in [3.05, 3.63) is 54.1 Å². The molecular formula is C22H26N4O6S. The van der Waals surface area contributed by atoms with Crippen LogP contribution in [-0.2, 0) is 19.6 Å². The number of nitrogens with zero attached hydrogens (tertiary/aromatic N) is 1. The molecule has 1 aliphatic heterocycles. The normalized spacial score (nSPS) is 14.5. The standard InChI is InChI=1S/C22H26N4O6S/c1-15(2)14-32-22(29)25-18-5-3-4-17(12-18)24-21(28)16-6-8-19(9-7-16)33(30,31)26-11-10-23-20(27)13-26/h3-9,12,15H,10-11,13-14H2,1-2H3,(H,23,27)(H,24,28)(H,25,29). The molecule has 3 amide bonds. The number of carbonyl (C=O) groups is 3. The van der Waals surface area contributed by atoms with E-state index in [1.807, 2.05) is 13.8 Å². The van der Waals surface area contributed by atoms with Gasteiger partial charge in [-0.25, -0.2) is 13.2 Å². The summed E-state index contributed by atoms with van der Waals surface area (Å²) < 4.78 is 31.6. The lowest BCUT2D eigenvalue weighted by molar-refractivity contribution is -0.122. The van der Waals surface area contributed by atoms with E-state index in [9.17, 15) is 22.8 Å². The first kappa shape index (κ1) is 24.2. The Balaban J connectivity index is 1.64. The minimum Gasteiger partial charge on any atom is -0.449 e. The zero-order valence-corrected chi connectivity index (χ0v) is 19.1. The lowest BCUT2D eigenvalue weighted by atomic mass is 10.2. The van der Waals surface area contributed by atoms with Crippen molar-refractivity contribution >= 4 is 39.3 Å². The molecule has 1 heterocycles. The van der Waals surface area contributed by atoms with E-state index < -0.39 is 22.0 Å². The Morgan fingerprint density at radius 1 is 1.09 bits per heavy atom. The van der Waals surface area contributed by atoms with E-state index in [0.717, 1.165) is 4.31 Å². The predicted octanol–water partition coefficient (Wildman–Crippen LogP) is 2.26. The van der Waals surface area contributed by atoms with Crippen molar-refractivity contribution < 1.29 is 27.5 Å². The molecule has 0 saturated carbocycles. The molecular weight excluding hydrogens is 448 g/mol. The molecule has 33 heavy (non-hydrogen) atoms. The number of sulfonamides is 1. The third-order valence-corrected chi connectivity index (χ3v) is 6.53. The average Bonchev–Trinajstić information content (AvgIpc) is 2.78. The summed E-state index contributed by atoms with van der Waals surface area (Å²) in [6.07, 6.45) is -0.588. The maximum absolute atomic E-state index is 12.7. The minimum atomic E-state index is -3.84. The van der Waals surface area contributed by atoms with Crippen LogP contribution in [0.5, 0.6) is 0 Å². The molecule has 3 N–H and O–H groups in total. The lowest BCUT2D eigenvalue weighted by Crippen LogP contribution is -2.49. The molecule has 1 saturated heterocycles. The number of rotatable bonds is 7. The topological polar surface area (TPSA) is 134 Å². The number of amides is 3. The Labute approximate surface area is 192 Å². The van der Waals surface area contributed by atoms with Crippen LogP contribution in [-0.4, -0.2) is 56.9 Å². The molecule has 0 spiro atoms. The van der Waals surface area contributed by atoms with Gasteiger partial charge in [0.2, 0.25) is 15.9 Å². The fourth-order valence-corrected chi connectivity index (χ4v) is 4.42. The van der Waals surface area contributed by atoms with Crippen molar-refractivity contribution in [2.24, 2.45) is 5.92 Å². The maximum atomic E-state index is 12.7. The van der Waals surface area contributed by atoms with Crippen LogP contribution in [0, 0.1) is 5.92 Å². The van der Waals surface area contributed by atoms with E-state index in [1.54, 1.807) is 24.3 Å². The highest BCUT2D eigenvalue weighted by Gasteiger charge is 2.29. The molecule has 11 heteroatoms. The zero-order chi connectivity index (χ0) is 24.0. The smallest absolute Gasteiger partial charge is 0.411 e. The van der Waals surface area contributed by atoms with Crippen LogP contribution in [0.3, 0.4) is 0 Å². The average molecular weight is 475 g/mol. The van der Waals surface area contributed by atoms with Gasteiger partial charge in [0.15, 0.2) is 0 Å². The number of anilines is 2. The number of carbonyl (C=O) groups excluding carboxylic acids is 3. The highest BCUT2D eigenvalue weighted by atomic mass is 32.2. The Morgan fingerprint density at radius 2 is 1.76 bits per heavy atom. The summed E-state index contributed by atoms with van der Waals surface area (Å²) in [4.78, 5) is 35.9. The first-order valence-electron chi connectivity index (χ1n) is 10.4. The fraction of sp³-hybridized carbons (Fsp3) is 0.318. The second-order valence-electron chi connectivity index (χ2n) is 7.87. The van der Waals surface area contributed by atoms with Crippen molar-refractivity contribution in [1.82, 2.24) is 9.62 Å². The number of hydrogen-bond donors (Lipinski definition) is 3. The van der Waals surface area contributed by atoms with Gasteiger partial charge in [0.1, 0.15) is 0 Å². The summed E-state index contributed by atoms with van der Waals surface area (Å²) in [6.45, 7) is 4.35. The number of nitrogens with one attached hydrogen (secondary N) is 3. The van der Waals surface area contributed by atoms with E-state index in [0.29, 0.717) is 18.0 Å². The Bertz CT molecular complexity index is 1130. The molecule has 0 bridgehead atoms. The molecule has 10 nitrogen and oxygen atoms in total. The van der Waals surface area contributed by atoms with Gasteiger partial charge in [0.25, 0.3) is 5.91 Å². The molecule has 3 rings (SSSR count). The monoisotopic (exact) mass is 474 g/mol. The van der Waals surface area contributed by atoms with Crippen molar-refractivity contribution in [2.75, 3.05) is 36.9 Å². The van der Waals surface area contributed by atoms with Gasteiger partial charge >= 0.3 is 6.09 Å². The van der Waals surface area contributed by atoms with Crippen LogP contribution >= 0.6 is 0 Å². The summed E-state index contributed by atoms with van der Waals surface area (Å²) in [5, 5.41) is 7.88. The Morgan fingerprint density at radius 3 is 2.39 bits per heavy atom. The largest absolute Gasteiger partial charge is 0.449 e. The predicted molar refractivity (Wildman–Crippen MR) is 122 cm³/mol. The summed E-state index contributed by atoms with van der Waals surface area (Å²) in [5.74, 6) is -0.594. The van der Waals surface area contributed by atoms with Crippen LogP contribution < -0.4 is 16.0 Å². The van der Waals surface area contributed by atoms with Gasteiger partial charge in [0, 0.05) is 30.0 Å². The van der Waals surface area contributed by atoms with Crippen molar-refractivity contribution in [3.8, 4) is 0 Å². The molecule has 0 atom stereocenters. The number of ether oxygens (including phenoxy) is 1. The van der Waals surface area contributed by atoms with E-state index in [-0.39, 0.29) is 41.9 Å². The van der Waals surface area contributed by atoms with Gasteiger partial charge in [-0.05, 0) is 48.4 Å². The quantitative estimate of drug-likeness (QED) is 0.564. The lowest BCUT2D eigenvalue weighted by Gasteiger charge is -2.25. The summed E-state index contributed by atoms with van der Waals surface area (Å²) >= 11 is 0. The number of piperazine rings is 1. The van der Waals surface area contributed by atoms with E-state index in [4.69, 9.17) is 4.74 Å². The second kappa shape index (κ2) is 10.5. The Hall–Kier alpha value is -3.44. The number of hydrogen-bond acceptors (Lipinski definition) is 6. The van der Waals surface area contributed by atoms with E-state index in [2.05, 4.69) is 16.0 Å². The van der Waals surface area contributed by atoms with Crippen molar-refractivity contribution in [2.45, 2.75) is 18.7 Å². The molecule has 0 aromatic heterocycles. The van der Waals surface area contributed by atoms with Gasteiger partial charge in [-0.1, -0.05) is 19.9 Å². The second-order valence-corrected chi connectivity index (χ2v) is 9.80. The van der Waals surface area contributed by atoms with Gasteiger partial charge in [-0.15, -0.1) is 0 Å². The molecule has 176 valence electrons. The van der Waals surface area contributed by atoms with Gasteiger partial charge in [0.05, 0.1) is 18.0 Å². The van der Waals surface area contributed by atoms with Crippen LogP contribution in [0.1, 0.15) is 24.2 Å². The third-order valence-electron chi connectivity index (χ3n) is 4.67. The highest BCUT2D eigenvalue weighted by Crippen LogP contribution is 2.19. The number of benzene rings is 2. The molecule has 1 fully saturated rings. The van der Waals surface area contributed by atoms with Gasteiger partial charge in [-0.2, -0.15) is 4.31 Å². The molecule has 1 aliphatic rings. The van der Waals surface area contributed by atoms with Crippen LogP contribution in [0.15, 0.2) is 53.4 Å². The molecule has 2 aromatic rings. The van der Waals surface area contributed by atoms with Crippen molar-refractivity contribution in [1.29, 1.82) is 0 Å². The van der Waals surface area contributed by atoms with Gasteiger partial charge < -0.3 is 15.4 Å². The minimum absolute atomic E-state index is 0.000132. The van der Waals surface area contributed by atoms with Crippen LogP contribution in [0.4, 0.5) is 16.2 Å². The summed E-state index contributed by atoms with van der Waals surface area (Å²) in [7, 11) is -3.84. The van der Waals surface area contributed by atoms with Crippen LogP contribution in [0.25, 0.3) is 0 Å². The van der Waals surface area contributed by atoms with E-state index >= 15 is 0 Å². The first-order chi connectivity index (χ1) is 15.6. The SMILES string of the molecule is CC(C)COC(=O)Nc1cccc(NC(=O)c2ccc(S(=O)(=O)N3CCNC(=O)C3)cc2)c1. The Kier molecular flexibility index (Phi) is 7.67. The third kappa shape index (κ3) is 6.53. The highest BCUT2D eigenvalue weighted by molar-refractivity contribution is 7.89. The molecule has 0 unspecified atom stereocenters. The summed E-state index contributed by atoms with van der Waals surface area (Å²) in [5.41, 5.74) is 1.14. The molecule has 0 aliphatic carbocycles. The summed E-state index contributed by atoms with van der Waals surface area (Å²) in [6, 6.07) is 12.0. The molecule has 2 aromatic carbocycles. The van der Waals surface area contributed by atoms with Gasteiger partial charge in [-0.3, -0.25) is 14.9 Å². The first-order valence-corrected chi connectivity index (χ1v) is 11.8.